The molecule has 1 aromatic heterocycles. The molecular weight excluding hydrogens is 228 g/mol. The lowest BCUT2D eigenvalue weighted by molar-refractivity contribution is 0.461. The first-order valence-corrected chi connectivity index (χ1v) is 7.14. The van der Waals surface area contributed by atoms with Crippen molar-refractivity contribution in [2.24, 2.45) is 0 Å². The van der Waals surface area contributed by atoms with Gasteiger partial charge in [-0.15, -0.1) is 11.3 Å². The van der Waals surface area contributed by atoms with Crippen LogP contribution in [0.25, 0.3) is 10.2 Å². The number of benzene rings is 1. The molecule has 1 N–H and O–H groups in total. The minimum absolute atomic E-state index is 0.626. The quantitative estimate of drug-likeness (QED) is 0.834. The average molecular weight is 246 g/mol. The maximum absolute atomic E-state index is 4.88. The first-order chi connectivity index (χ1) is 8.25. The zero-order valence-corrected chi connectivity index (χ0v) is 11.2. The number of hydrogen-bond acceptors (Lipinski definition) is 3. The first kappa shape index (κ1) is 11.2. The van der Waals surface area contributed by atoms with Crippen molar-refractivity contribution in [2.45, 2.75) is 32.6 Å². The largest absolute Gasteiger partial charge is 0.316 e. The highest BCUT2D eigenvalue weighted by Crippen LogP contribution is 2.33. The van der Waals surface area contributed by atoms with Gasteiger partial charge in [0.05, 0.1) is 15.2 Å². The fraction of sp³-hybridized carbons (Fsp3) is 0.500. The van der Waals surface area contributed by atoms with Gasteiger partial charge < -0.3 is 5.32 Å². The van der Waals surface area contributed by atoms with Crippen molar-refractivity contribution in [1.82, 2.24) is 10.3 Å². The molecule has 1 unspecified atom stereocenters. The lowest BCUT2D eigenvalue weighted by Gasteiger charge is -2.20. The molecule has 2 aromatic rings. The summed E-state index contributed by atoms with van der Waals surface area (Å²) in [6.45, 7) is 6.60. The Morgan fingerprint density at radius 1 is 1.35 bits per heavy atom. The predicted molar refractivity (Wildman–Crippen MR) is 73.9 cm³/mol. The standard InChI is InChI=1S/C14H18N2S/c1-9-5-6-12-13(10(9)2)16-14(17-12)11-4-3-7-15-8-11/h5-6,11,15H,3-4,7-8H2,1-2H3. The molecule has 1 saturated heterocycles. The molecule has 3 heteroatoms. The lowest BCUT2D eigenvalue weighted by Crippen LogP contribution is -2.28. The molecule has 0 bridgehead atoms. The molecule has 0 radical (unpaired) electrons. The number of thiazole rings is 1. The van der Waals surface area contributed by atoms with E-state index in [9.17, 15) is 0 Å². The van der Waals surface area contributed by atoms with Gasteiger partial charge in [0.15, 0.2) is 0 Å². The highest BCUT2D eigenvalue weighted by molar-refractivity contribution is 7.18. The number of aromatic nitrogens is 1. The van der Waals surface area contributed by atoms with Crippen molar-refractivity contribution < 1.29 is 0 Å². The summed E-state index contributed by atoms with van der Waals surface area (Å²) in [6, 6.07) is 4.42. The Kier molecular flexibility index (Phi) is 2.89. The van der Waals surface area contributed by atoms with Crippen LogP contribution in [0.5, 0.6) is 0 Å². The lowest BCUT2D eigenvalue weighted by atomic mass is 10.0. The van der Waals surface area contributed by atoms with Crippen LogP contribution in [-0.2, 0) is 0 Å². The molecule has 2 heterocycles. The molecule has 90 valence electrons. The normalized spacial score (nSPS) is 20.9. The number of piperidine rings is 1. The van der Waals surface area contributed by atoms with Crippen LogP contribution in [-0.4, -0.2) is 18.1 Å². The van der Waals surface area contributed by atoms with Crippen molar-refractivity contribution in [2.75, 3.05) is 13.1 Å². The summed E-state index contributed by atoms with van der Waals surface area (Å²) < 4.78 is 1.34. The van der Waals surface area contributed by atoms with E-state index in [4.69, 9.17) is 4.98 Å². The first-order valence-electron chi connectivity index (χ1n) is 6.33. The van der Waals surface area contributed by atoms with Gasteiger partial charge in [-0.25, -0.2) is 4.98 Å². The van der Waals surface area contributed by atoms with Crippen LogP contribution < -0.4 is 5.32 Å². The zero-order chi connectivity index (χ0) is 11.8. The number of nitrogens with zero attached hydrogens (tertiary/aromatic N) is 1. The molecule has 0 saturated carbocycles. The van der Waals surface area contributed by atoms with E-state index >= 15 is 0 Å². The molecule has 3 rings (SSSR count). The summed E-state index contributed by atoms with van der Waals surface area (Å²) in [5.74, 6) is 0.626. The van der Waals surface area contributed by atoms with E-state index in [0.717, 1.165) is 6.54 Å². The maximum Gasteiger partial charge on any atom is 0.0982 e. The summed E-state index contributed by atoms with van der Waals surface area (Å²) in [7, 11) is 0. The summed E-state index contributed by atoms with van der Waals surface area (Å²) >= 11 is 1.88. The summed E-state index contributed by atoms with van der Waals surface area (Å²) in [6.07, 6.45) is 2.56. The molecule has 1 aliphatic rings. The van der Waals surface area contributed by atoms with Gasteiger partial charge in [-0.1, -0.05) is 6.07 Å². The summed E-state index contributed by atoms with van der Waals surface area (Å²) in [5.41, 5.74) is 3.90. The van der Waals surface area contributed by atoms with E-state index in [1.165, 1.54) is 45.7 Å². The molecule has 1 atom stereocenters. The van der Waals surface area contributed by atoms with E-state index in [0.29, 0.717) is 5.92 Å². The molecule has 0 aliphatic carbocycles. The number of fused-ring (bicyclic) bond motifs is 1. The van der Waals surface area contributed by atoms with Crippen LogP contribution in [0.2, 0.25) is 0 Å². The molecule has 2 nitrogen and oxygen atoms in total. The molecule has 17 heavy (non-hydrogen) atoms. The fourth-order valence-electron chi connectivity index (χ4n) is 2.48. The van der Waals surface area contributed by atoms with Crippen LogP contribution in [0.1, 0.15) is 34.9 Å². The van der Waals surface area contributed by atoms with Gasteiger partial charge in [0.2, 0.25) is 0 Å². The van der Waals surface area contributed by atoms with Gasteiger partial charge in [-0.2, -0.15) is 0 Å². The molecule has 1 aliphatic heterocycles. The van der Waals surface area contributed by atoms with Crippen LogP contribution >= 0.6 is 11.3 Å². The summed E-state index contributed by atoms with van der Waals surface area (Å²) in [4.78, 5) is 4.88. The topological polar surface area (TPSA) is 24.9 Å². The average Bonchev–Trinajstić information content (AvgIpc) is 2.80. The second-order valence-electron chi connectivity index (χ2n) is 4.95. The van der Waals surface area contributed by atoms with Crippen molar-refractivity contribution in [3.63, 3.8) is 0 Å². The van der Waals surface area contributed by atoms with E-state index in [1.807, 2.05) is 11.3 Å². The van der Waals surface area contributed by atoms with Crippen molar-refractivity contribution in [3.05, 3.63) is 28.3 Å². The van der Waals surface area contributed by atoms with Gasteiger partial charge in [-0.05, 0) is 50.4 Å². The molecular formula is C14H18N2S. The number of aryl methyl sites for hydroxylation is 2. The van der Waals surface area contributed by atoms with Crippen molar-refractivity contribution in [3.8, 4) is 0 Å². The number of rotatable bonds is 1. The van der Waals surface area contributed by atoms with Crippen LogP contribution in [0.4, 0.5) is 0 Å². The Bertz CT molecular complexity index is 538. The second kappa shape index (κ2) is 4.39. The third-order valence-electron chi connectivity index (χ3n) is 3.75. The molecule has 0 spiro atoms. The van der Waals surface area contributed by atoms with Gasteiger partial charge in [0.1, 0.15) is 0 Å². The molecule has 1 fully saturated rings. The van der Waals surface area contributed by atoms with E-state index < -0.39 is 0 Å². The zero-order valence-electron chi connectivity index (χ0n) is 10.4. The highest BCUT2D eigenvalue weighted by Gasteiger charge is 2.19. The SMILES string of the molecule is Cc1ccc2sc(C3CCCNC3)nc2c1C. The second-order valence-corrected chi connectivity index (χ2v) is 6.01. The third kappa shape index (κ3) is 1.98. The van der Waals surface area contributed by atoms with Crippen LogP contribution in [0.3, 0.4) is 0 Å². The van der Waals surface area contributed by atoms with Crippen molar-refractivity contribution in [1.29, 1.82) is 0 Å². The van der Waals surface area contributed by atoms with E-state index in [-0.39, 0.29) is 0 Å². The Balaban J connectivity index is 2.04. The van der Waals surface area contributed by atoms with Gasteiger partial charge in [0, 0.05) is 12.5 Å². The molecule has 1 aromatic carbocycles. The van der Waals surface area contributed by atoms with E-state index in [2.05, 4.69) is 31.3 Å². The summed E-state index contributed by atoms with van der Waals surface area (Å²) in [5, 5.41) is 4.79. The van der Waals surface area contributed by atoms with Gasteiger partial charge >= 0.3 is 0 Å². The van der Waals surface area contributed by atoms with Crippen LogP contribution in [0.15, 0.2) is 12.1 Å². The molecule has 0 amide bonds. The van der Waals surface area contributed by atoms with Crippen molar-refractivity contribution >= 4 is 21.6 Å². The monoisotopic (exact) mass is 246 g/mol. The Morgan fingerprint density at radius 2 is 2.24 bits per heavy atom. The smallest absolute Gasteiger partial charge is 0.0982 e. The minimum Gasteiger partial charge on any atom is -0.316 e. The number of nitrogens with one attached hydrogen (secondary N) is 1. The Hall–Kier alpha value is -0.930. The predicted octanol–water partition coefficient (Wildman–Crippen LogP) is 3.38. The van der Waals surface area contributed by atoms with Crippen LogP contribution in [0, 0.1) is 13.8 Å². The fourth-order valence-corrected chi connectivity index (χ4v) is 3.64. The highest BCUT2D eigenvalue weighted by atomic mass is 32.1. The maximum atomic E-state index is 4.88. The van der Waals surface area contributed by atoms with E-state index in [1.54, 1.807) is 0 Å². The minimum atomic E-state index is 0.626. The Morgan fingerprint density at radius 3 is 3.00 bits per heavy atom. The third-order valence-corrected chi connectivity index (χ3v) is 4.93. The van der Waals surface area contributed by atoms with Gasteiger partial charge in [0.25, 0.3) is 0 Å². The van der Waals surface area contributed by atoms with Gasteiger partial charge in [-0.3, -0.25) is 0 Å². The Labute approximate surface area is 106 Å². The number of hydrogen-bond donors (Lipinski definition) is 1.